The molecule has 0 N–H and O–H groups in total. The van der Waals surface area contributed by atoms with Gasteiger partial charge in [0.2, 0.25) is 5.12 Å². The Morgan fingerprint density at radius 2 is 1.55 bits per heavy atom. The zero-order valence-corrected chi connectivity index (χ0v) is 13.0. The van der Waals surface area contributed by atoms with Crippen LogP contribution in [-0.2, 0) is 0 Å². The summed E-state index contributed by atoms with van der Waals surface area (Å²) in [5, 5.41) is 0.0226. The van der Waals surface area contributed by atoms with Crippen LogP contribution in [0.1, 0.15) is 27.7 Å². The number of hydrogen-bond donors (Lipinski definition) is 0. The minimum Gasteiger partial charge on any atom is -0.316 e. The van der Waals surface area contributed by atoms with Gasteiger partial charge in [0.25, 0.3) is 0 Å². The van der Waals surface area contributed by atoms with E-state index in [0.717, 1.165) is 11.1 Å². The largest absolute Gasteiger partial charge is 0.316 e. The molecule has 3 aromatic rings. The van der Waals surface area contributed by atoms with E-state index in [9.17, 15) is 4.79 Å². The van der Waals surface area contributed by atoms with E-state index in [1.54, 1.807) is 18.8 Å². The Hall–Kier alpha value is -2.33. The van der Waals surface area contributed by atoms with Crippen molar-refractivity contribution >= 4 is 16.9 Å². The average molecular weight is 308 g/mol. The van der Waals surface area contributed by atoms with Gasteiger partial charge in [0.05, 0.1) is 18.6 Å². The molecule has 0 unspecified atom stereocenters. The van der Waals surface area contributed by atoms with Crippen LogP contribution < -0.4 is 0 Å². The number of nitrogens with zero attached hydrogens (tertiary/aromatic N) is 2. The van der Waals surface area contributed by atoms with Crippen LogP contribution in [0.5, 0.6) is 0 Å². The quantitative estimate of drug-likeness (QED) is 0.730. The predicted octanol–water partition coefficient (Wildman–Crippen LogP) is 4.02. The lowest BCUT2D eigenvalue weighted by Crippen LogP contribution is -2.15. The average Bonchev–Trinajstić information content (AvgIpc) is 3.06. The van der Waals surface area contributed by atoms with Crippen molar-refractivity contribution < 1.29 is 4.79 Å². The van der Waals surface area contributed by atoms with E-state index in [-0.39, 0.29) is 11.2 Å². The molecule has 0 aliphatic heterocycles. The predicted molar refractivity (Wildman–Crippen MR) is 90.2 cm³/mol. The molecule has 1 aromatic heterocycles. The van der Waals surface area contributed by atoms with Crippen LogP contribution in [0.2, 0.25) is 0 Å². The van der Waals surface area contributed by atoms with Gasteiger partial charge in [-0.05, 0) is 17.4 Å². The zero-order valence-electron chi connectivity index (χ0n) is 12.2. The van der Waals surface area contributed by atoms with Gasteiger partial charge in [-0.3, -0.25) is 4.79 Å². The van der Waals surface area contributed by atoms with Gasteiger partial charge in [0.15, 0.2) is 0 Å². The van der Waals surface area contributed by atoms with E-state index >= 15 is 0 Å². The van der Waals surface area contributed by atoms with Crippen LogP contribution in [0, 0.1) is 0 Å². The van der Waals surface area contributed by atoms with Gasteiger partial charge in [-0.15, -0.1) is 0 Å². The highest BCUT2D eigenvalue weighted by molar-refractivity contribution is 8.13. The van der Waals surface area contributed by atoms with Crippen LogP contribution in [0.3, 0.4) is 0 Å². The molecule has 0 spiro atoms. The summed E-state index contributed by atoms with van der Waals surface area (Å²) < 4.78 is 1.95. The van der Waals surface area contributed by atoms with Gasteiger partial charge < -0.3 is 4.57 Å². The van der Waals surface area contributed by atoms with Crippen LogP contribution >= 0.6 is 11.8 Å². The van der Waals surface area contributed by atoms with Gasteiger partial charge in [0, 0.05) is 0 Å². The fraction of sp³-hybridized carbons (Fsp3) is 0.111. The molecule has 0 aliphatic rings. The topological polar surface area (TPSA) is 34.9 Å². The molecule has 0 radical (unpaired) electrons. The molecule has 0 atom stereocenters. The van der Waals surface area contributed by atoms with E-state index in [4.69, 9.17) is 0 Å². The molecule has 3 rings (SSSR count). The number of benzene rings is 2. The van der Waals surface area contributed by atoms with Crippen molar-refractivity contribution in [3.63, 3.8) is 0 Å². The summed E-state index contributed by atoms with van der Waals surface area (Å²) in [4.78, 5) is 16.4. The molecule has 3 nitrogen and oxygen atoms in total. The maximum absolute atomic E-state index is 12.2. The highest BCUT2D eigenvalue weighted by atomic mass is 32.2. The van der Waals surface area contributed by atoms with Crippen molar-refractivity contribution in [2.75, 3.05) is 6.26 Å². The van der Waals surface area contributed by atoms with Crippen LogP contribution in [0.4, 0.5) is 0 Å². The molecule has 0 bridgehead atoms. The summed E-state index contributed by atoms with van der Waals surface area (Å²) in [6.45, 7) is 0. The lowest BCUT2D eigenvalue weighted by molar-refractivity contribution is 0.108. The van der Waals surface area contributed by atoms with Crippen LogP contribution in [0.15, 0.2) is 73.2 Å². The van der Waals surface area contributed by atoms with Crippen LogP contribution in [0.25, 0.3) is 0 Å². The van der Waals surface area contributed by atoms with E-state index in [1.165, 1.54) is 11.8 Å². The Morgan fingerprint density at radius 3 is 2.05 bits per heavy atom. The molecule has 0 saturated heterocycles. The normalized spacial score (nSPS) is 10.8. The summed E-state index contributed by atoms with van der Waals surface area (Å²) in [6, 6.07) is 20.3. The highest BCUT2D eigenvalue weighted by Crippen LogP contribution is 2.28. The molecule has 4 heteroatoms. The summed E-state index contributed by atoms with van der Waals surface area (Å²) >= 11 is 1.20. The van der Waals surface area contributed by atoms with Gasteiger partial charge in [0.1, 0.15) is 5.69 Å². The van der Waals surface area contributed by atoms with Crippen molar-refractivity contribution in [3.05, 3.63) is 90.0 Å². The lowest BCUT2D eigenvalue weighted by atomic mass is 9.98. The number of imidazole rings is 1. The minimum atomic E-state index is -0.0593. The van der Waals surface area contributed by atoms with E-state index in [2.05, 4.69) is 29.2 Å². The minimum absolute atomic E-state index is 0.0226. The van der Waals surface area contributed by atoms with E-state index in [1.807, 2.05) is 41.0 Å². The standard InChI is InChI=1S/C18H16N2OS/c1-22-18(21)16-12-19-13-20(16)17(14-8-4-2-5-9-14)15-10-6-3-7-11-15/h2-13,17H,1H3. The van der Waals surface area contributed by atoms with Crippen molar-refractivity contribution in [2.24, 2.45) is 0 Å². The number of carbonyl (C=O) groups is 1. The third kappa shape index (κ3) is 2.83. The number of thioether (sulfide) groups is 1. The van der Waals surface area contributed by atoms with Gasteiger partial charge in [-0.1, -0.05) is 72.4 Å². The SMILES string of the molecule is CSC(=O)c1cncn1C(c1ccccc1)c1ccccc1. The summed E-state index contributed by atoms with van der Waals surface area (Å²) in [6.07, 6.45) is 5.16. The monoisotopic (exact) mass is 308 g/mol. The third-order valence-corrected chi connectivity index (χ3v) is 4.15. The molecular weight excluding hydrogens is 292 g/mol. The molecule has 2 aromatic carbocycles. The van der Waals surface area contributed by atoms with Crippen molar-refractivity contribution in [1.82, 2.24) is 9.55 Å². The summed E-state index contributed by atoms with van der Waals surface area (Å²) in [7, 11) is 0. The van der Waals surface area contributed by atoms with Crippen LogP contribution in [-0.4, -0.2) is 20.9 Å². The number of rotatable bonds is 4. The van der Waals surface area contributed by atoms with Gasteiger partial charge >= 0.3 is 0 Å². The Kier molecular flexibility index (Phi) is 4.39. The summed E-state index contributed by atoms with van der Waals surface area (Å²) in [5.74, 6) is 0. The van der Waals surface area contributed by atoms with Crippen molar-refractivity contribution in [2.45, 2.75) is 6.04 Å². The second kappa shape index (κ2) is 6.62. The number of hydrogen-bond acceptors (Lipinski definition) is 3. The van der Waals surface area contributed by atoms with Crippen molar-refractivity contribution in [1.29, 1.82) is 0 Å². The fourth-order valence-corrected chi connectivity index (χ4v) is 2.92. The molecule has 0 fully saturated rings. The maximum Gasteiger partial charge on any atom is 0.237 e. The second-order valence-corrected chi connectivity index (χ2v) is 5.68. The maximum atomic E-state index is 12.2. The van der Waals surface area contributed by atoms with E-state index < -0.39 is 0 Å². The molecule has 0 saturated carbocycles. The first kappa shape index (κ1) is 14.6. The second-order valence-electron chi connectivity index (χ2n) is 4.90. The lowest BCUT2D eigenvalue weighted by Gasteiger charge is -2.21. The molecule has 1 heterocycles. The number of carbonyl (C=O) groups excluding carboxylic acids is 1. The molecule has 22 heavy (non-hydrogen) atoms. The third-order valence-electron chi connectivity index (χ3n) is 3.57. The molecule has 0 aliphatic carbocycles. The number of aromatic nitrogens is 2. The van der Waals surface area contributed by atoms with Gasteiger partial charge in [-0.2, -0.15) is 0 Å². The molecule has 110 valence electrons. The summed E-state index contributed by atoms with van der Waals surface area (Å²) in [5.41, 5.74) is 2.87. The molecule has 0 amide bonds. The Balaban J connectivity index is 2.15. The zero-order chi connectivity index (χ0) is 15.4. The highest BCUT2D eigenvalue weighted by Gasteiger charge is 2.21. The Labute approximate surface area is 134 Å². The molecular formula is C18H16N2OS. The Morgan fingerprint density at radius 1 is 1.00 bits per heavy atom. The fourth-order valence-electron chi connectivity index (χ4n) is 2.56. The first-order valence-electron chi connectivity index (χ1n) is 7.01. The van der Waals surface area contributed by atoms with Crippen molar-refractivity contribution in [3.8, 4) is 0 Å². The first-order valence-corrected chi connectivity index (χ1v) is 8.24. The Bertz CT molecular complexity index is 714. The van der Waals surface area contributed by atoms with E-state index in [0.29, 0.717) is 5.69 Å². The van der Waals surface area contributed by atoms with Gasteiger partial charge in [-0.25, -0.2) is 4.98 Å². The smallest absolute Gasteiger partial charge is 0.237 e. The first-order chi connectivity index (χ1) is 10.8.